The molecule has 0 fully saturated rings. The Balaban J connectivity index is 5.00. The number of nitrogens with two attached hydrogens (primary N) is 2. The van der Waals surface area contributed by atoms with Gasteiger partial charge in [-0.15, -0.1) is 0 Å². The fourth-order valence-electron chi connectivity index (χ4n) is 0.649. The Bertz CT molecular complexity index is 228. The summed E-state index contributed by atoms with van der Waals surface area (Å²) in [5.74, 6) is 0. The van der Waals surface area contributed by atoms with Crippen molar-refractivity contribution in [1.82, 2.24) is 0 Å². The van der Waals surface area contributed by atoms with Crippen molar-refractivity contribution in [3.05, 3.63) is 11.9 Å². The third-order valence-electron chi connectivity index (χ3n) is 1.11. The Hall–Kier alpha value is -1.20. The van der Waals surface area contributed by atoms with Gasteiger partial charge in [-0.2, -0.15) is 13.2 Å². The maximum Gasteiger partial charge on any atom is 0.435 e. The molecule has 0 aliphatic carbocycles. The summed E-state index contributed by atoms with van der Waals surface area (Å²) in [6, 6.07) is -0.477. The minimum atomic E-state index is -4.55. The van der Waals surface area contributed by atoms with Gasteiger partial charge < -0.3 is 11.5 Å². The van der Waals surface area contributed by atoms with E-state index in [1.165, 1.54) is 13.8 Å². The van der Waals surface area contributed by atoms with Crippen LogP contribution in [-0.4, -0.2) is 17.9 Å². The molecule has 0 rings (SSSR count). The zero-order chi connectivity index (χ0) is 10.6. The maximum atomic E-state index is 12.2. The van der Waals surface area contributed by atoms with Crippen molar-refractivity contribution < 1.29 is 13.2 Å². The summed E-state index contributed by atoms with van der Waals surface area (Å²) >= 11 is 0. The Morgan fingerprint density at radius 3 is 2.08 bits per heavy atom. The van der Waals surface area contributed by atoms with Gasteiger partial charge in [-0.1, -0.05) is 0 Å². The first-order valence-corrected chi connectivity index (χ1v) is 3.61. The zero-order valence-electron chi connectivity index (χ0n) is 7.39. The first kappa shape index (κ1) is 11.8. The number of halogens is 3. The van der Waals surface area contributed by atoms with E-state index in [9.17, 15) is 13.2 Å². The Labute approximate surface area is 74.3 Å². The smallest absolute Gasteiger partial charge is 0.403 e. The second-order valence-corrected chi connectivity index (χ2v) is 2.69. The molecule has 0 aromatic rings. The lowest BCUT2D eigenvalue weighted by Crippen LogP contribution is -2.30. The fourth-order valence-corrected chi connectivity index (χ4v) is 0.649. The molecule has 0 heterocycles. The molecule has 0 spiro atoms. The van der Waals surface area contributed by atoms with Crippen LogP contribution in [0.1, 0.15) is 13.8 Å². The monoisotopic (exact) mass is 195 g/mol. The minimum absolute atomic E-state index is 0.477. The molecule has 0 saturated carbocycles. The van der Waals surface area contributed by atoms with Gasteiger partial charge in [-0.3, -0.25) is 4.99 Å². The van der Waals surface area contributed by atoms with Gasteiger partial charge >= 0.3 is 6.18 Å². The average molecular weight is 195 g/mol. The van der Waals surface area contributed by atoms with Crippen LogP contribution in [0.2, 0.25) is 0 Å². The van der Waals surface area contributed by atoms with Crippen molar-refractivity contribution in [1.29, 1.82) is 0 Å². The molecule has 0 aromatic carbocycles. The molecule has 4 N–H and O–H groups in total. The lowest BCUT2D eigenvalue weighted by Gasteiger charge is -2.11. The van der Waals surface area contributed by atoms with Crippen LogP contribution >= 0.6 is 0 Å². The van der Waals surface area contributed by atoms with Gasteiger partial charge in [0.25, 0.3) is 0 Å². The van der Waals surface area contributed by atoms with E-state index in [-0.39, 0.29) is 0 Å². The molecule has 13 heavy (non-hydrogen) atoms. The topological polar surface area (TPSA) is 64.4 Å². The molecule has 3 nitrogen and oxygen atoms in total. The molecule has 0 bridgehead atoms. The van der Waals surface area contributed by atoms with Gasteiger partial charge in [0, 0.05) is 12.2 Å². The van der Waals surface area contributed by atoms with Gasteiger partial charge in [0.05, 0.1) is 5.70 Å². The van der Waals surface area contributed by atoms with Crippen LogP contribution in [0.5, 0.6) is 0 Å². The van der Waals surface area contributed by atoms with Crippen LogP contribution in [0.25, 0.3) is 0 Å². The molecular formula is C7H12F3N3. The van der Waals surface area contributed by atoms with Gasteiger partial charge in [-0.25, -0.2) is 0 Å². The Morgan fingerprint density at radius 1 is 1.38 bits per heavy atom. The van der Waals surface area contributed by atoms with E-state index < -0.39 is 23.6 Å². The molecule has 0 aliphatic rings. The van der Waals surface area contributed by atoms with E-state index >= 15 is 0 Å². The molecule has 0 radical (unpaired) electrons. The summed E-state index contributed by atoms with van der Waals surface area (Å²) in [4.78, 5) is 3.34. The van der Waals surface area contributed by atoms with Gasteiger partial charge in [0.15, 0.2) is 5.71 Å². The Kier molecular flexibility index (Phi) is 3.77. The molecule has 0 atom stereocenters. The zero-order valence-corrected chi connectivity index (χ0v) is 7.39. The quantitative estimate of drug-likeness (QED) is 0.649. The van der Waals surface area contributed by atoms with Crippen LogP contribution in [0.15, 0.2) is 16.9 Å². The molecule has 0 saturated heterocycles. The van der Waals surface area contributed by atoms with Crippen LogP contribution in [0.4, 0.5) is 13.2 Å². The number of allylic oxidation sites excluding steroid dienone is 1. The molecule has 0 aliphatic heterocycles. The summed E-state index contributed by atoms with van der Waals surface area (Å²) in [7, 11) is 0. The average Bonchev–Trinajstić information content (AvgIpc) is 1.96. The summed E-state index contributed by atoms with van der Waals surface area (Å²) in [5, 5.41) is 0. The lowest BCUT2D eigenvalue weighted by atomic mass is 10.2. The second kappa shape index (κ2) is 4.15. The summed E-state index contributed by atoms with van der Waals surface area (Å²) in [5.41, 5.74) is 8.24. The normalized spacial score (nSPS) is 15.2. The first-order valence-electron chi connectivity index (χ1n) is 3.61. The van der Waals surface area contributed by atoms with Crippen molar-refractivity contribution in [2.24, 2.45) is 16.5 Å². The highest BCUT2D eigenvalue weighted by Crippen LogP contribution is 2.20. The predicted molar refractivity (Wildman–Crippen MR) is 45.1 cm³/mol. The number of nitrogens with zero attached hydrogens (tertiary/aromatic N) is 1. The third kappa shape index (κ3) is 3.82. The second-order valence-electron chi connectivity index (χ2n) is 2.69. The van der Waals surface area contributed by atoms with Gasteiger partial charge in [0.2, 0.25) is 0 Å². The van der Waals surface area contributed by atoms with E-state index in [1.807, 2.05) is 0 Å². The number of hydrogen-bond acceptors (Lipinski definition) is 3. The maximum absolute atomic E-state index is 12.2. The lowest BCUT2D eigenvalue weighted by molar-refractivity contribution is -0.0586. The highest BCUT2D eigenvalue weighted by atomic mass is 19.4. The number of rotatable bonds is 2. The van der Waals surface area contributed by atoms with E-state index in [0.29, 0.717) is 6.20 Å². The largest absolute Gasteiger partial charge is 0.435 e. The first-order chi connectivity index (χ1) is 5.79. The number of aliphatic imine (C=N–C) groups is 1. The van der Waals surface area contributed by atoms with Gasteiger partial charge in [-0.05, 0) is 13.8 Å². The summed E-state index contributed by atoms with van der Waals surface area (Å²) < 4.78 is 36.6. The van der Waals surface area contributed by atoms with Crippen LogP contribution in [-0.2, 0) is 0 Å². The molecule has 0 aromatic heterocycles. The molecule has 76 valence electrons. The number of alkyl halides is 3. The van der Waals surface area contributed by atoms with Crippen molar-refractivity contribution in [2.45, 2.75) is 26.1 Å². The van der Waals surface area contributed by atoms with Gasteiger partial charge in [0.1, 0.15) is 0 Å². The highest BCUT2D eigenvalue weighted by Gasteiger charge is 2.37. The minimum Gasteiger partial charge on any atom is -0.403 e. The van der Waals surface area contributed by atoms with Crippen molar-refractivity contribution in [2.75, 3.05) is 0 Å². The number of hydrogen-bond donors (Lipinski definition) is 2. The summed E-state index contributed by atoms with van der Waals surface area (Å²) in [6.07, 6.45) is -3.86. The van der Waals surface area contributed by atoms with E-state index in [2.05, 4.69) is 4.99 Å². The molecule has 0 amide bonds. The standard InChI is InChI=1S/C7H12F3N3/c1-4(2)13-6(5(12)3-11)7(8,9)10/h3-4H,11-12H2,1-2H3. The molecule has 6 heteroatoms. The SMILES string of the molecule is CC(C)N=C(C(N)=CN)C(F)(F)F. The fraction of sp³-hybridized carbons (Fsp3) is 0.571. The van der Waals surface area contributed by atoms with Crippen molar-refractivity contribution >= 4 is 5.71 Å². The highest BCUT2D eigenvalue weighted by molar-refractivity contribution is 6.03. The third-order valence-corrected chi connectivity index (χ3v) is 1.11. The Morgan fingerprint density at radius 2 is 1.85 bits per heavy atom. The molecule has 0 unspecified atom stereocenters. The summed E-state index contributed by atoms with van der Waals surface area (Å²) in [6.45, 7) is 3.05. The van der Waals surface area contributed by atoms with Crippen molar-refractivity contribution in [3.63, 3.8) is 0 Å². The van der Waals surface area contributed by atoms with E-state index in [1.54, 1.807) is 0 Å². The van der Waals surface area contributed by atoms with E-state index in [4.69, 9.17) is 11.5 Å². The molecular weight excluding hydrogens is 183 g/mol. The van der Waals surface area contributed by atoms with Crippen LogP contribution < -0.4 is 11.5 Å². The predicted octanol–water partition coefficient (Wildman–Crippen LogP) is 1.16. The van der Waals surface area contributed by atoms with Crippen molar-refractivity contribution in [3.8, 4) is 0 Å². The van der Waals surface area contributed by atoms with Crippen LogP contribution in [0, 0.1) is 0 Å². The van der Waals surface area contributed by atoms with E-state index in [0.717, 1.165) is 0 Å². The van der Waals surface area contributed by atoms with Crippen LogP contribution in [0.3, 0.4) is 0 Å².